The fourth-order valence-electron chi connectivity index (χ4n) is 6.83. The molecule has 0 radical (unpaired) electrons. The summed E-state index contributed by atoms with van der Waals surface area (Å²) in [5, 5.41) is 9.65. The first-order valence-electron chi connectivity index (χ1n) is 25.3. The molecule has 0 aliphatic carbocycles. The van der Waals surface area contributed by atoms with E-state index in [1.165, 1.54) is 51.4 Å². The zero-order valence-corrected chi connectivity index (χ0v) is 41.4. The largest absolute Gasteiger partial charge is 0.477 e. The quantitative estimate of drug-likeness (QED) is 0.0281. The zero-order valence-electron chi connectivity index (χ0n) is 41.4. The molecule has 2 unspecified atom stereocenters. The van der Waals surface area contributed by atoms with Gasteiger partial charge >= 0.3 is 17.9 Å². The normalized spacial score (nSPS) is 13.7. The molecule has 0 aliphatic rings. The predicted octanol–water partition coefficient (Wildman–Crippen LogP) is 14.6. The molecule has 0 aromatic rings. The lowest BCUT2D eigenvalue weighted by Crippen LogP contribution is -2.50. The predicted molar refractivity (Wildman–Crippen MR) is 270 cm³/mol. The number of hydrogen-bond acceptors (Lipinski definition) is 6. The second-order valence-corrected chi connectivity index (χ2v) is 17.7. The van der Waals surface area contributed by atoms with Gasteiger partial charge in [0.15, 0.2) is 12.1 Å². The topological polar surface area (TPSA) is 99.1 Å². The Balaban J connectivity index is 4.36. The van der Waals surface area contributed by atoms with Crippen LogP contribution in [-0.4, -0.2) is 80.6 Å². The van der Waals surface area contributed by atoms with Crippen molar-refractivity contribution in [3.8, 4) is 0 Å². The lowest BCUT2D eigenvalue weighted by molar-refractivity contribution is -0.887. The van der Waals surface area contributed by atoms with Crippen molar-refractivity contribution in [2.24, 2.45) is 0 Å². The van der Waals surface area contributed by atoms with E-state index in [0.29, 0.717) is 19.3 Å². The lowest BCUT2D eigenvalue weighted by Gasteiger charge is -2.31. The van der Waals surface area contributed by atoms with Crippen LogP contribution in [0.25, 0.3) is 0 Å². The van der Waals surface area contributed by atoms with Crippen molar-refractivity contribution >= 4 is 17.9 Å². The number of rotatable bonds is 44. The van der Waals surface area contributed by atoms with Gasteiger partial charge in [0, 0.05) is 19.3 Å². The molecular formula is C56H94NO7+. The fraction of sp³-hybridized carbons (Fsp3) is 0.661. The molecule has 0 aliphatic heterocycles. The molecule has 0 rings (SSSR count). The third-order valence-corrected chi connectivity index (χ3v) is 10.7. The summed E-state index contributed by atoms with van der Waals surface area (Å²) in [7, 11) is 5.51. The Kier molecular flexibility index (Phi) is 43.1. The molecule has 0 spiro atoms. The van der Waals surface area contributed by atoms with Crippen molar-refractivity contribution in [1.82, 2.24) is 0 Å². The second-order valence-electron chi connectivity index (χ2n) is 17.7. The monoisotopic (exact) mass is 893 g/mol. The van der Waals surface area contributed by atoms with E-state index in [2.05, 4.69) is 111 Å². The molecular weight excluding hydrogens is 799 g/mol. The van der Waals surface area contributed by atoms with Crippen LogP contribution >= 0.6 is 0 Å². The maximum absolute atomic E-state index is 12.8. The maximum atomic E-state index is 12.8. The van der Waals surface area contributed by atoms with E-state index < -0.39 is 18.1 Å². The summed E-state index contributed by atoms with van der Waals surface area (Å²) in [6.45, 7) is 4.55. The minimum atomic E-state index is -0.884. The molecule has 364 valence electrons. The Morgan fingerprint density at radius 2 is 0.875 bits per heavy atom. The van der Waals surface area contributed by atoms with Crippen LogP contribution in [0.2, 0.25) is 0 Å². The number of hydrogen-bond donors (Lipinski definition) is 1. The summed E-state index contributed by atoms with van der Waals surface area (Å²) in [5.41, 5.74) is 0. The molecule has 0 fully saturated rings. The van der Waals surface area contributed by atoms with Gasteiger partial charge in [0.2, 0.25) is 0 Å². The van der Waals surface area contributed by atoms with Gasteiger partial charge in [-0.1, -0.05) is 169 Å². The van der Waals surface area contributed by atoms with Crippen LogP contribution in [0.1, 0.15) is 187 Å². The molecule has 8 nitrogen and oxygen atoms in total. The number of unbranched alkanes of at least 4 members (excludes halogenated alkanes) is 14. The number of carbonyl (C=O) groups is 3. The Hall–Kier alpha value is -3.75. The Morgan fingerprint density at radius 3 is 1.30 bits per heavy atom. The number of carboxylic acid groups (broad SMARTS) is 1. The minimum Gasteiger partial charge on any atom is -0.477 e. The molecule has 1 N–H and O–H groups in total. The van der Waals surface area contributed by atoms with Gasteiger partial charge in [-0.25, -0.2) is 4.79 Å². The number of nitrogens with zero attached hydrogens (tertiary/aromatic N) is 1. The highest BCUT2D eigenvalue weighted by molar-refractivity contribution is 5.72. The second kappa shape index (κ2) is 45.8. The number of quaternary nitrogens is 1. The first-order valence-corrected chi connectivity index (χ1v) is 25.3. The SMILES string of the molecule is CC/C=C/C/C=C/C/C=C/C/C=C/C/C=C/C/C=C/CCCCCCC(=O)OC(COCCC(C(=O)O)[N+](C)(C)C)COC(=O)CCCCCCCCC/C=C/C/C=C/CCCCC. The van der Waals surface area contributed by atoms with Crippen LogP contribution in [-0.2, 0) is 28.6 Å². The van der Waals surface area contributed by atoms with Gasteiger partial charge in [-0.05, 0) is 96.3 Å². The molecule has 64 heavy (non-hydrogen) atoms. The highest BCUT2D eigenvalue weighted by Gasteiger charge is 2.31. The highest BCUT2D eigenvalue weighted by Crippen LogP contribution is 2.13. The molecule has 2 atom stereocenters. The summed E-state index contributed by atoms with van der Waals surface area (Å²) < 4.78 is 17.3. The number of aliphatic carboxylic acids is 1. The number of likely N-dealkylation sites (N-methyl/N-ethyl adjacent to an activating group) is 1. The third kappa shape index (κ3) is 43.5. The van der Waals surface area contributed by atoms with E-state index >= 15 is 0 Å². The molecule has 0 aromatic carbocycles. The van der Waals surface area contributed by atoms with Crippen LogP contribution in [0.15, 0.2) is 97.2 Å². The van der Waals surface area contributed by atoms with E-state index in [4.69, 9.17) is 14.2 Å². The number of ether oxygens (including phenoxy) is 3. The molecule has 0 aromatic heterocycles. The van der Waals surface area contributed by atoms with Gasteiger partial charge < -0.3 is 23.8 Å². The standard InChI is InChI=1S/C56H93NO7/c1-6-8-10-12-14-16-18-20-22-24-25-26-27-28-29-31-33-35-37-39-41-43-45-47-55(59)64-52(50-62-49-48-53(56(60)61)57(3,4)5)51-63-54(58)46-44-42-40-38-36-34-32-30-23-21-19-17-15-13-11-9-7-2/h8,10,14-17,20-23,25-26,28-29,33,35,52-53H,6-7,9,11-13,18-19,24,27,30-32,34,36-51H2,1-5H3/p+1/b10-8+,16-14+,17-15+,22-20+,23-21+,26-25+,29-28+,35-33+. The maximum Gasteiger partial charge on any atom is 0.362 e. The first-order chi connectivity index (χ1) is 31.1. The summed E-state index contributed by atoms with van der Waals surface area (Å²) in [6.07, 6.45) is 61.6. The average molecular weight is 893 g/mol. The molecule has 0 bridgehead atoms. The van der Waals surface area contributed by atoms with Crippen molar-refractivity contribution in [3.05, 3.63) is 97.2 Å². The van der Waals surface area contributed by atoms with Gasteiger partial charge in [0.25, 0.3) is 0 Å². The van der Waals surface area contributed by atoms with Gasteiger partial charge in [0.05, 0.1) is 34.4 Å². The van der Waals surface area contributed by atoms with Crippen LogP contribution in [0, 0.1) is 0 Å². The molecule has 0 amide bonds. The van der Waals surface area contributed by atoms with Crippen molar-refractivity contribution in [2.75, 3.05) is 41.0 Å². The number of esters is 2. The molecule has 0 heterocycles. The summed E-state index contributed by atoms with van der Waals surface area (Å²) in [6, 6.07) is -0.627. The van der Waals surface area contributed by atoms with Gasteiger partial charge in [-0.3, -0.25) is 9.59 Å². The van der Waals surface area contributed by atoms with Crippen LogP contribution in [0.3, 0.4) is 0 Å². The summed E-state index contributed by atoms with van der Waals surface area (Å²) >= 11 is 0. The van der Waals surface area contributed by atoms with E-state index in [1.807, 2.05) is 21.1 Å². The molecule has 0 saturated heterocycles. The number of carbonyl (C=O) groups excluding carboxylic acids is 2. The van der Waals surface area contributed by atoms with Gasteiger partial charge in [-0.15, -0.1) is 0 Å². The van der Waals surface area contributed by atoms with Crippen molar-refractivity contribution in [3.63, 3.8) is 0 Å². The Bertz CT molecular complexity index is 1360. The van der Waals surface area contributed by atoms with Crippen molar-refractivity contribution in [1.29, 1.82) is 0 Å². The average Bonchev–Trinajstić information content (AvgIpc) is 3.26. The van der Waals surface area contributed by atoms with Crippen molar-refractivity contribution < 1.29 is 38.2 Å². The van der Waals surface area contributed by atoms with Crippen LogP contribution < -0.4 is 0 Å². The third-order valence-electron chi connectivity index (χ3n) is 10.7. The van der Waals surface area contributed by atoms with E-state index in [1.54, 1.807) is 0 Å². The summed E-state index contributed by atoms with van der Waals surface area (Å²) in [4.78, 5) is 37.1. The first kappa shape index (κ1) is 60.2. The Labute approximate surface area is 392 Å². The van der Waals surface area contributed by atoms with E-state index in [9.17, 15) is 19.5 Å². The van der Waals surface area contributed by atoms with Crippen molar-refractivity contribution in [2.45, 2.75) is 199 Å². The van der Waals surface area contributed by atoms with Crippen LogP contribution in [0.5, 0.6) is 0 Å². The smallest absolute Gasteiger partial charge is 0.362 e. The van der Waals surface area contributed by atoms with Crippen LogP contribution in [0.4, 0.5) is 0 Å². The zero-order chi connectivity index (χ0) is 47.0. The van der Waals surface area contributed by atoms with Gasteiger partial charge in [0.1, 0.15) is 6.61 Å². The fourth-order valence-corrected chi connectivity index (χ4v) is 6.83. The molecule has 0 saturated carbocycles. The number of allylic oxidation sites excluding steroid dienone is 16. The lowest BCUT2D eigenvalue weighted by atomic mass is 10.1. The summed E-state index contributed by atoms with van der Waals surface area (Å²) in [5.74, 6) is -1.52. The minimum absolute atomic E-state index is 0.0421. The highest BCUT2D eigenvalue weighted by atomic mass is 16.6. The number of carboxylic acids is 1. The Morgan fingerprint density at radius 1 is 0.484 bits per heavy atom. The van der Waals surface area contributed by atoms with E-state index in [0.717, 1.165) is 103 Å². The van der Waals surface area contributed by atoms with E-state index in [-0.39, 0.29) is 36.2 Å². The molecule has 8 heteroatoms. The van der Waals surface area contributed by atoms with Gasteiger partial charge in [-0.2, -0.15) is 0 Å².